The van der Waals surface area contributed by atoms with Crippen LogP contribution in [0.1, 0.15) is 31.7 Å². The van der Waals surface area contributed by atoms with Crippen molar-refractivity contribution in [3.05, 3.63) is 28.8 Å². The van der Waals surface area contributed by atoms with Crippen LogP contribution in [0.3, 0.4) is 0 Å². The number of halogens is 1. The number of likely N-dealkylation sites (N-methyl/N-ethyl adjacent to an activating group) is 1. The second-order valence-electron chi connectivity index (χ2n) is 5.65. The Balaban J connectivity index is 1.99. The van der Waals surface area contributed by atoms with E-state index >= 15 is 0 Å². The van der Waals surface area contributed by atoms with E-state index in [9.17, 15) is 4.79 Å². The van der Waals surface area contributed by atoms with Crippen LogP contribution in [0.4, 0.5) is 5.69 Å². The van der Waals surface area contributed by atoms with Crippen LogP contribution < -0.4 is 15.5 Å². The molecule has 1 saturated carbocycles. The Bertz CT molecular complexity index is 488. The van der Waals surface area contributed by atoms with Gasteiger partial charge in [-0.1, -0.05) is 18.5 Å². The van der Waals surface area contributed by atoms with E-state index < -0.39 is 0 Å². The van der Waals surface area contributed by atoms with Crippen molar-refractivity contribution < 1.29 is 4.79 Å². The zero-order chi connectivity index (χ0) is 15.2. The molecule has 1 fully saturated rings. The maximum absolute atomic E-state index is 11.9. The summed E-state index contributed by atoms with van der Waals surface area (Å²) in [6, 6.07) is 6.22. The number of nitrogens with zero attached hydrogens (tertiary/aromatic N) is 1. The Morgan fingerprint density at radius 3 is 2.86 bits per heavy atom. The number of amides is 1. The number of nitrogens with one attached hydrogen (secondary N) is 2. The molecule has 0 saturated heterocycles. The summed E-state index contributed by atoms with van der Waals surface area (Å²) in [4.78, 5) is 13.9. The molecule has 0 aromatic heterocycles. The zero-order valence-corrected chi connectivity index (χ0v) is 13.5. The molecule has 0 heterocycles. The average Bonchev–Trinajstić information content (AvgIpc) is 3.22. The smallest absolute Gasteiger partial charge is 0.239 e. The molecule has 0 radical (unpaired) electrons. The SMILES string of the molecule is CCCNCc1cc(Cl)ccc1N(C)CC(=O)NC1CC1. The van der Waals surface area contributed by atoms with E-state index in [1.54, 1.807) is 0 Å². The first kappa shape index (κ1) is 16.1. The monoisotopic (exact) mass is 309 g/mol. The molecule has 0 aliphatic heterocycles. The van der Waals surface area contributed by atoms with Gasteiger partial charge in [-0.3, -0.25) is 4.79 Å². The Kier molecular flexibility index (Phi) is 5.88. The molecule has 4 nitrogen and oxygen atoms in total. The van der Waals surface area contributed by atoms with E-state index in [1.165, 1.54) is 0 Å². The molecule has 0 spiro atoms. The van der Waals surface area contributed by atoms with Gasteiger partial charge in [0.1, 0.15) is 0 Å². The first-order chi connectivity index (χ1) is 10.1. The standard InChI is InChI=1S/C16H24ClN3O/c1-3-8-18-10-12-9-13(17)4-7-15(12)20(2)11-16(21)19-14-5-6-14/h4,7,9,14,18H,3,5-6,8,10-11H2,1-2H3,(H,19,21). The lowest BCUT2D eigenvalue weighted by Crippen LogP contribution is -2.36. The van der Waals surface area contributed by atoms with Gasteiger partial charge in [-0.25, -0.2) is 0 Å². The fourth-order valence-electron chi connectivity index (χ4n) is 2.27. The average molecular weight is 310 g/mol. The minimum atomic E-state index is 0.0856. The summed E-state index contributed by atoms with van der Waals surface area (Å²) in [7, 11) is 1.94. The summed E-state index contributed by atoms with van der Waals surface area (Å²) in [6.07, 6.45) is 3.32. The fourth-order valence-corrected chi connectivity index (χ4v) is 2.46. The highest BCUT2D eigenvalue weighted by molar-refractivity contribution is 6.30. The number of hydrogen-bond donors (Lipinski definition) is 2. The molecule has 0 unspecified atom stereocenters. The normalized spacial score (nSPS) is 14.0. The van der Waals surface area contributed by atoms with Gasteiger partial charge in [0.15, 0.2) is 0 Å². The number of hydrogen-bond acceptors (Lipinski definition) is 3. The van der Waals surface area contributed by atoms with Crippen LogP contribution in [-0.2, 0) is 11.3 Å². The maximum atomic E-state index is 11.9. The fraction of sp³-hybridized carbons (Fsp3) is 0.562. The third kappa shape index (κ3) is 5.21. The van der Waals surface area contributed by atoms with Gasteiger partial charge in [0.2, 0.25) is 5.91 Å². The van der Waals surface area contributed by atoms with Crippen LogP contribution in [0, 0.1) is 0 Å². The van der Waals surface area contributed by atoms with Gasteiger partial charge in [-0.15, -0.1) is 0 Å². The molecule has 116 valence electrons. The largest absolute Gasteiger partial charge is 0.365 e. The first-order valence-electron chi connectivity index (χ1n) is 7.59. The Labute approximate surface area is 131 Å². The Hall–Kier alpha value is -1.26. The lowest BCUT2D eigenvalue weighted by atomic mass is 10.1. The number of carbonyl (C=O) groups is 1. The van der Waals surface area contributed by atoms with Gasteiger partial charge in [0.05, 0.1) is 6.54 Å². The van der Waals surface area contributed by atoms with Gasteiger partial charge in [0.25, 0.3) is 0 Å². The van der Waals surface area contributed by atoms with Crippen molar-refractivity contribution in [3.63, 3.8) is 0 Å². The molecule has 1 aromatic rings. The molecular formula is C16H24ClN3O. The van der Waals surface area contributed by atoms with Crippen LogP contribution in [0.5, 0.6) is 0 Å². The molecule has 5 heteroatoms. The summed E-state index contributed by atoms with van der Waals surface area (Å²) >= 11 is 6.09. The summed E-state index contributed by atoms with van der Waals surface area (Å²) in [5.74, 6) is 0.0856. The molecule has 1 aliphatic rings. The number of anilines is 1. The maximum Gasteiger partial charge on any atom is 0.239 e. The highest BCUT2D eigenvalue weighted by atomic mass is 35.5. The quantitative estimate of drug-likeness (QED) is 0.725. The van der Waals surface area contributed by atoms with Crippen molar-refractivity contribution in [2.45, 2.75) is 38.8 Å². The first-order valence-corrected chi connectivity index (χ1v) is 7.97. The molecule has 0 atom stereocenters. The molecule has 1 aromatic carbocycles. The van der Waals surface area contributed by atoms with Crippen LogP contribution >= 0.6 is 11.6 Å². The van der Waals surface area contributed by atoms with E-state index in [0.717, 1.165) is 48.6 Å². The lowest BCUT2D eigenvalue weighted by Gasteiger charge is -2.22. The topological polar surface area (TPSA) is 44.4 Å². The van der Waals surface area contributed by atoms with Crippen LogP contribution in [0.25, 0.3) is 0 Å². The predicted molar refractivity (Wildman–Crippen MR) is 87.9 cm³/mol. The van der Waals surface area contributed by atoms with Gasteiger partial charge in [-0.05, 0) is 49.6 Å². The Morgan fingerprint density at radius 1 is 1.43 bits per heavy atom. The highest BCUT2D eigenvalue weighted by Gasteiger charge is 2.23. The molecular weight excluding hydrogens is 286 g/mol. The van der Waals surface area contributed by atoms with Crippen molar-refractivity contribution >= 4 is 23.2 Å². The predicted octanol–water partition coefficient (Wildman–Crippen LogP) is 2.55. The van der Waals surface area contributed by atoms with E-state index in [1.807, 2.05) is 30.1 Å². The van der Waals surface area contributed by atoms with Gasteiger partial charge >= 0.3 is 0 Å². The summed E-state index contributed by atoms with van der Waals surface area (Å²) in [5.41, 5.74) is 2.17. The molecule has 1 aliphatic carbocycles. The third-order valence-electron chi connectivity index (χ3n) is 3.52. The summed E-state index contributed by atoms with van der Waals surface area (Å²) in [6.45, 7) is 4.25. The lowest BCUT2D eigenvalue weighted by molar-refractivity contribution is -0.119. The summed E-state index contributed by atoms with van der Waals surface area (Å²) < 4.78 is 0. The van der Waals surface area contributed by atoms with Crippen molar-refractivity contribution in [3.8, 4) is 0 Å². The third-order valence-corrected chi connectivity index (χ3v) is 3.75. The number of rotatable bonds is 8. The molecule has 2 N–H and O–H groups in total. The molecule has 21 heavy (non-hydrogen) atoms. The molecule has 0 bridgehead atoms. The van der Waals surface area contributed by atoms with E-state index in [2.05, 4.69) is 17.6 Å². The second-order valence-corrected chi connectivity index (χ2v) is 6.08. The van der Waals surface area contributed by atoms with E-state index in [4.69, 9.17) is 11.6 Å². The Morgan fingerprint density at radius 2 is 2.19 bits per heavy atom. The molecule has 2 rings (SSSR count). The van der Waals surface area contributed by atoms with Crippen molar-refractivity contribution in [2.75, 3.05) is 25.0 Å². The van der Waals surface area contributed by atoms with Crippen molar-refractivity contribution in [1.82, 2.24) is 10.6 Å². The minimum Gasteiger partial charge on any atom is -0.365 e. The van der Waals surface area contributed by atoms with Crippen LogP contribution in [-0.4, -0.2) is 32.1 Å². The van der Waals surface area contributed by atoms with E-state index in [-0.39, 0.29) is 5.91 Å². The van der Waals surface area contributed by atoms with Crippen LogP contribution in [0.15, 0.2) is 18.2 Å². The van der Waals surface area contributed by atoms with Gasteiger partial charge in [-0.2, -0.15) is 0 Å². The minimum absolute atomic E-state index is 0.0856. The zero-order valence-electron chi connectivity index (χ0n) is 12.8. The van der Waals surface area contributed by atoms with Crippen molar-refractivity contribution in [2.24, 2.45) is 0 Å². The van der Waals surface area contributed by atoms with Crippen LogP contribution in [0.2, 0.25) is 5.02 Å². The van der Waals surface area contributed by atoms with E-state index in [0.29, 0.717) is 12.6 Å². The second kappa shape index (κ2) is 7.66. The van der Waals surface area contributed by atoms with Gasteiger partial charge < -0.3 is 15.5 Å². The molecule has 1 amide bonds. The van der Waals surface area contributed by atoms with Crippen molar-refractivity contribution in [1.29, 1.82) is 0 Å². The number of benzene rings is 1. The van der Waals surface area contributed by atoms with Gasteiger partial charge in [0, 0.05) is 30.3 Å². The highest BCUT2D eigenvalue weighted by Crippen LogP contribution is 2.24. The summed E-state index contributed by atoms with van der Waals surface area (Å²) in [5, 5.41) is 7.12. The number of carbonyl (C=O) groups excluding carboxylic acids is 1.